The van der Waals surface area contributed by atoms with Crippen LogP contribution in [0.2, 0.25) is 0 Å². The number of allylic oxidation sites excluding steroid dienone is 1. The third kappa shape index (κ3) is 6.10. The Kier molecular flexibility index (Phi) is 8.02. The summed E-state index contributed by atoms with van der Waals surface area (Å²) in [5.74, 6) is 0. The van der Waals surface area contributed by atoms with E-state index in [1.807, 2.05) is 6.08 Å². The lowest BCUT2D eigenvalue weighted by atomic mass is 10.1. The fourth-order valence-corrected chi connectivity index (χ4v) is 1.02. The molecule has 0 fully saturated rings. The Morgan fingerprint density at radius 2 is 2.17 bits per heavy atom. The van der Waals surface area contributed by atoms with E-state index in [1.165, 1.54) is 25.7 Å². The van der Waals surface area contributed by atoms with Crippen LogP contribution in [0.5, 0.6) is 0 Å². The Morgan fingerprint density at radius 1 is 1.42 bits per heavy atom. The maximum Gasteiger partial charge on any atom is 0.0849 e. The van der Waals surface area contributed by atoms with Gasteiger partial charge < -0.3 is 5.11 Å². The molecule has 0 aromatic rings. The quantitative estimate of drug-likeness (QED) is 0.461. The van der Waals surface area contributed by atoms with Crippen molar-refractivity contribution in [2.75, 3.05) is 6.61 Å². The lowest BCUT2D eigenvalue weighted by molar-refractivity contribution is 0.329. The highest BCUT2D eigenvalue weighted by Gasteiger charge is 1.89. The molecule has 0 aliphatic heterocycles. The number of aliphatic hydroxyl groups excluding tert-OH is 1. The van der Waals surface area contributed by atoms with Gasteiger partial charge in [0.15, 0.2) is 0 Å². The molecule has 0 atom stereocenters. The third-order valence-electron chi connectivity index (χ3n) is 1.80. The molecule has 0 aromatic heterocycles. The van der Waals surface area contributed by atoms with Gasteiger partial charge in [-0.1, -0.05) is 32.3 Å². The van der Waals surface area contributed by atoms with Gasteiger partial charge in [0.2, 0.25) is 0 Å². The molecule has 0 unspecified atom stereocenters. The highest BCUT2D eigenvalue weighted by atomic mass is 16.3. The van der Waals surface area contributed by atoms with Crippen LogP contribution in [0.1, 0.15) is 39.0 Å². The summed E-state index contributed by atoms with van der Waals surface area (Å²) < 4.78 is 0. The first-order valence-electron chi connectivity index (χ1n) is 4.61. The van der Waals surface area contributed by atoms with E-state index in [-0.39, 0.29) is 6.61 Å². The largest absolute Gasteiger partial charge is 0.390 e. The van der Waals surface area contributed by atoms with Crippen LogP contribution in [0.25, 0.3) is 0 Å². The second kappa shape index (κ2) is 8.47. The number of hydrogen-bond acceptors (Lipinski definition) is 2. The molecule has 70 valence electrons. The average Bonchev–Trinajstić information content (AvgIpc) is 2.11. The van der Waals surface area contributed by atoms with Crippen LogP contribution in [0, 0.1) is 0 Å². The van der Waals surface area contributed by atoms with Crippen molar-refractivity contribution in [3.63, 3.8) is 0 Å². The monoisotopic (exact) mass is 169 g/mol. The minimum absolute atomic E-state index is 0.0112. The van der Waals surface area contributed by atoms with Gasteiger partial charge in [0.1, 0.15) is 0 Å². The second-order valence-electron chi connectivity index (χ2n) is 2.86. The zero-order chi connectivity index (χ0) is 9.23. The Balaban J connectivity index is 3.37. The number of nitrogens with zero attached hydrogens (tertiary/aromatic N) is 1. The Bertz CT molecular complexity index is 141. The zero-order valence-corrected chi connectivity index (χ0v) is 7.92. The summed E-state index contributed by atoms with van der Waals surface area (Å²) in [6.07, 6.45) is 7.98. The topological polar surface area (TPSA) is 32.6 Å². The maximum absolute atomic E-state index is 8.73. The van der Waals surface area contributed by atoms with E-state index in [2.05, 4.69) is 18.6 Å². The van der Waals surface area contributed by atoms with Crippen LogP contribution in [0.15, 0.2) is 16.8 Å². The van der Waals surface area contributed by atoms with E-state index in [4.69, 9.17) is 5.11 Å². The van der Waals surface area contributed by atoms with Gasteiger partial charge in [0, 0.05) is 0 Å². The van der Waals surface area contributed by atoms with E-state index >= 15 is 0 Å². The van der Waals surface area contributed by atoms with Gasteiger partial charge in [-0.25, -0.2) is 0 Å². The lowest BCUT2D eigenvalue weighted by Crippen LogP contribution is -1.85. The fourth-order valence-electron chi connectivity index (χ4n) is 1.02. The molecule has 12 heavy (non-hydrogen) atoms. The van der Waals surface area contributed by atoms with Crippen LogP contribution >= 0.6 is 0 Å². The van der Waals surface area contributed by atoms with Crippen LogP contribution in [0.3, 0.4) is 0 Å². The van der Waals surface area contributed by atoms with Crippen molar-refractivity contribution in [3.05, 3.63) is 11.8 Å². The fraction of sp³-hybridized carbons (Fsp3) is 0.700. The molecule has 2 nitrogen and oxygen atoms in total. The van der Waals surface area contributed by atoms with Crippen molar-refractivity contribution in [1.29, 1.82) is 0 Å². The summed E-state index contributed by atoms with van der Waals surface area (Å²) in [4.78, 5) is 3.69. The molecular weight excluding hydrogens is 150 g/mol. The molecule has 0 saturated carbocycles. The molecular formula is C10H19NO. The van der Waals surface area contributed by atoms with Crippen molar-refractivity contribution in [1.82, 2.24) is 0 Å². The Labute approximate surface area is 75.0 Å². The highest BCUT2D eigenvalue weighted by Crippen LogP contribution is 2.05. The molecule has 0 bridgehead atoms. The summed E-state index contributed by atoms with van der Waals surface area (Å²) in [5.41, 5.74) is 0.700. The van der Waals surface area contributed by atoms with Crippen LogP contribution < -0.4 is 0 Å². The highest BCUT2D eigenvalue weighted by molar-refractivity contribution is 5.28. The van der Waals surface area contributed by atoms with Gasteiger partial charge in [-0.15, -0.1) is 0 Å². The van der Waals surface area contributed by atoms with Crippen LogP contribution in [-0.4, -0.2) is 18.4 Å². The SMILES string of the molecule is C=NC(=CCCCCCC)CO. The Hall–Kier alpha value is -0.630. The van der Waals surface area contributed by atoms with Gasteiger partial charge in [-0.2, -0.15) is 0 Å². The summed E-state index contributed by atoms with van der Waals surface area (Å²) in [7, 11) is 0. The van der Waals surface area contributed by atoms with Crippen molar-refractivity contribution in [3.8, 4) is 0 Å². The van der Waals surface area contributed by atoms with Crippen molar-refractivity contribution >= 4 is 6.72 Å². The van der Waals surface area contributed by atoms with Gasteiger partial charge in [-0.05, 0) is 19.6 Å². The predicted octanol–water partition coefficient (Wildman–Crippen LogP) is 2.53. The van der Waals surface area contributed by atoms with Crippen molar-refractivity contribution in [2.45, 2.75) is 39.0 Å². The molecule has 0 aliphatic carbocycles. The van der Waals surface area contributed by atoms with Crippen molar-refractivity contribution < 1.29 is 5.11 Å². The molecule has 0 aromatic carbocycles. The van der Waals surface area contributed by atoms with Gasteiger partial charge in [-0.3, -0.25) is 4.99 Å². The molecule has 0 amide bonds. The third-order valence-corrected chi connectivity index (χ3v) is 1.80. The zero-order valence-electron chi connectivity index (χ0n) is 7.92. The first kappa shape index (κ1) is 11.4. The first-order chi connectivity index (χ1) is 5.85. The van der Waals surface area contributed by atoms with Crippen molar-refractivity contribution in [2.24, 2.45) is 4.99 Å². The normalized spacial score (nSPS) is 11.7. The summed E-state index contributed by atoms with van der Waals surface area (Å²) >= 11 is 0. The standard InChI is InChI=1S/C10H19NO/c1-3-4-5-6-7-8-10(9-12)11-2/h8,12H,2-7,9H2,1H3. The molecule has 2 heteroatoms. The molecule has 0 radical (unpaired) electrons. The minimum atomic E-state index is 0.0112. The summed E-state index contributed by atoms with van der Waals surface area (Å²) in [6, 6.07) is 0. The molecule has 0 heterocycles. The maximum atomic E-state index is 8.73. The number of hydrogen-bond donors (Lipinski definition) is 1. The average molecular weight is 169 g/mol. The van der Waals surface area contributed by atoms with Gasteiger partial charge >= 0.3 is 0 Å². The minimum Gasteiger partial charge on any atom is -0.390 e. The van der Waals surface area contributed by atoms with E-state index < -0.39 is 0 Å². The summed E-state index contributed by atoms with van der Waals surface area (Å²) in [6.45, 7) is 5.57. The predicted molar refractivity (Wildman–Crippen MR) is 53.5 cm³/mol. The second-order valence-corrected chi connectivity index (χ2v) is 2.86. The smallest absolute Gasteiger partial charge is 0.0849 e. The number of aliphatic imine (C=N–C) groups is 1. The Morgan fingerprint density at radius 3 is 2.67 bits per heavy atom. The van der Waals surface area contributed by atoms with E-state index in [9.17, 15) is 0 Å². The molecule has 0 aliphatic rings. The van der Waals surface area contributed by atoms with E-state index in [0.717, 1.165) is 6.42 Å². The number of rotatable bonds is 7. The molecule has 0 rings (SSSR count). The number of aliphatic hydroxyl groups is 1. The first-order valence-corrected chi connectivity index (χ1v) is 4.61. The molecule has 0 spiro atoms. The summed E-state index contributed by atoms with van der Waals surface area (Å²) in [5, 5.41) is 8.73. The van der Waals surface area contributed by atoms with E-state index in [1.54, 1.807) is 0 Å². The molecule has 0 saturated heterocycles. The lowest BCUT2D eigenvalue weighted by Gasteiger charge is -1.96. The number of unbranched alkanes of at least 4 members (excludes halogenated alkanes) is 4. The van der Waals surface area contributed by atoms with Gasteiger partial charge in [0.25, 0.3) is 0 Å². The van der Waals surface area contributed by atoms with E-state index in [0.29, 0.717) is 5.70 Å². The molecule has 1 N–H and O–H groups in total. The van der Waals surface area contributed by atoms with Gasteiger partial charge in [0.05, 0.1) is 12.3 Å². The van der Waals surface area contributed by atoms with Crippen LogP contribution in [-0.2, 0) is 0 Å². The van der Waals surface area contributed by atoms with Crippen LogP contribution in [0.4, 0.5) is 0 Å².